The number of amides is 1. The maximum atomic E-state index is 12.4. The minimum atomic E-state index is -3.77. The van der Waals surface area contributed by atoms with Crippen LogP contribution in [0.15, 0.2) is 81.1 Å². The molecule has 0 unspecified atom stereocenters. The molecule has 1 aromatic heterocycles. The lowest BCUT2D eigenvalue weighted by molar-refractivity contribution is 0.102. The molecule has 0 aliphatic heterocycles. The summed E-state index contributed by atoms with van der Waals surface area (Å²) in [6.45, 7) is 0.0353. The molecule has 0 aliphatic carbocycles. The highest BCUT2D eigenvalue weighted by Crippen LogP contribution is 2.19. The number of benzene rings is 2. The number of rotatable bonds is 7. The van der Waals surface area contributed by atoms with E-state index in [0.717, 1.165) is 4.90 Å². The van der Waals surface area contributed by atoms with Crippen LogP contribution in [0.25, 0.3) is 0 Å². The predicted molar refractivity (Wildman–Crippen MR) is 105 cm³/mol. The molecule has 3 rings (SSSR count). The van der Waals surface area contributed by atoms with Gasteiger partial charge in [0, 0.05) is 16.1 Å². The summed E-state index contributed by atoms with van der Waals surface area (Å²) in [5.41, 5.74) is 0.895. The molecule has 0 spiro atoms. The highest BCUT2D eigenvalue weighted by Gasteiger charge is 2.17. The standard InChI is InChI=1S/C19H18N2O4S2/c1-26-17-9-7-15(8-10-17)21-19(22)14-4-2-6-18(12-14)27(23,24)20-13-16-5-3-11-25-16/h2-12,20H,13H2,1H3,(H,21,22). The molecule has 27 heavy (non-hydrogen) atoms. The second-order valence-electron chi connectivity index (χ2n) is 5.61. The van der Waals surface area contributed by atoms with Crippen LogP contribution in [0.5, 0.6) is 0 Å². The molecular weight excluding hydrogens is 384 g/mol. The second-order valence-corrected chi connectivity index (χ2v) is 8.26. The molecule has 0 saturated heterocycles. The zero-order valence-corrected chi connectivity index (χ0v) is 16.1. The van der Waals surface area contributed by atoms with Crippen molar-refractivity contribution in [3.63, 3.8) is 0 Å². The molecule has 3 aromatic rings. The van der Waals surface area contributed by atoms with Crippen molar-refractivity contribution in [2.75, 3.05) is 11.6 Å². The van der Waals surface area contributed by atoms with Crippen molar-refractivity contribution in [3.05, 3.63) is 78.3 Å². The summed E-state index contributed by atoms with van der Waals surface area (Å²) < 4.78 is 32.5. The van der Waals surface area contributed by atoms with Crippen LogP contribution in [0.1, 0.15) is 16.1 Å². The number of hydrogen-bond acceptors (Lipinski definition) is 5. The number of carbonyl (C=O) groups excluding carboxylic acids is 1. The zero-order valence-electron chi connectivity index (χ0n) is 14.5. The van der Waals surface area contributed by atoms with Gasteiger partial charge < -0.3 is 9.73 Å². The number of nitrogens with one attached hydrogen (secondary N) is 2. The van der Waals surface area contributed by atoms with Gasteiger partial charge in [-0.25, -0.2) is 13.1 Å². The lowest BCUT2D eigenvalue weighted by Crippen LogP contribution is -2.23. The highest BCUT2D eigenvalue weighted by atomic mass is 32.2. The number of anilines is 1. The third kappa shape index (κ3) is 5.00. The molecule has 0 atom stereocenters. The quantitative estimate of drug-likeness (QED) is 0.588. The molecule has 0 saturated carbocycles. The smallest absolute Gasteiger partial charge is 0.255 e. The molecule has 2 N–H and O–H groups in total. The number of thioether (sulfide) groups is 1. The molecule has 0 radical (unpaired) electrons. The minimum absolute atomic E-state index is 0.0134. The fraction of sp³-hybridized carbons (Fsp3) is 0.105. The van der Waals surface area contributed by atoms with Crippen LogP contribution in [-0.4, -0.2) is 20.6 Å². The van der Waals surface area contributed by atoms with Gasteiger partial charge in [-0.05, 0) is 60.9 Å². The summed E-state index contributed by atoms with van der Waals surface area (Å²) >= 11 is 1.61. The molecule has 0 bridgehead atoms. The van der Waals surface area contributed by atoms with E-state index in [1.54, 1.807) is 42.1 Å². The van der Waals surface area contributed by atoms with Crippen LogP contribution >= 0.6 is 11.8 Å². The Kier molecular flexibility index (Phi) is 6.00. The fourth-order valence-corrected chi connectivity index (χ4v) is 3.79. The number of furan rings is 1. The van der Waals surface area contributed by atoms with E-state index >= 15 is 0 Å². The zero-order chi connectivity index (χ0) is 19.3. The van der Waals surface area contributed by atoms with Crippen LogP contribution in [0, 0.1) is 0 Å². The third-order valence-corrected chi connectivity index (χ3v) is 5.91. The normalized spacial score (nSPS) is 11.3. The van der Waals surface area contributed by atoms with Crippen LogP contribution in [0.4, 0.5) is 5.69 Å². The van der Waals surface area contributed by atoms with E-state index in [1.807, 2.05) is 18.4 Å². The van der Waals surface area contributed by atoms with Gasteiger partial charge >= 0.3 is 0 Å². The van der Waals surface area contributed by atoms with Crippen molar-refractivity contribution in [1.29, 1.82) is 0 Å². The van der Waals surface area contributed by atoms with E-state index in [0.29, 0.717) is 11.4 Å². The molecule has 0 fully saturated rings. The topological polar surface area (TPSA) is 88.4 Å². The minimum Gasteiger partial charge on any atom is -0.468 e. The van der Waals surface area contributed by atoms with Crippen molar-refractivity contribution in [2.45, 2.75) is 16.3 Å². The van der Waals surface area contributed by atoms with E-state index in [2.05, 4.69) is 10.0 Å². The Balaban J connectivity index is 1.72. The molecule has 1 heterocycles. The Morgan fingerprint density at radius 1 is 1.07 bits per heavy atom. The van der Waals surface area contributed by atoms with Gasteiger partial charge in [0.05, 0.1) is 17.7 Å². The van der Waals surface area contributed by atoms with Crippen molar-refractivity contribution >= 4 is 33.4 Å². The fourth-order valence-electron chi connectivity index (χ4n) is 2.34. The van der Waals surface area contributed by atoms with Gasteiger partial charge in [-0.3, -0.25) is 4.79 Å². The summed E-state index contributed by atoms with van der Waals surface area (Å²) in [4.78, 5) is 13.5. The van der Waals surface area contributed by atoms with Crippen molar-refractivity contribution in [2.24, 2.45) is 0 Å². The van der Waals surface area contributed by atoms with Gasteiger partial charge in [-0.15, -0.1) is 11.8 Å². The van der Waals surface area contributed by atoms with Gasteiger partial charge in [-0.2, -0.15) is 0 Å². The van der Waals surface area contributed by atoms with Crippen LogP contribution in [0.3, 0.4) is 0 Å². The maximum Gasteiger partial charge on any atom is 0.255 e. The first-order valence-electron chi connectivity index (χ1n) is 8.05. The van der Waals surface area contributed by atoms with Crippen molar-refractivity contribution in [3.8, 4) is 0 Å². The summed E-state index contributed by atoms with van der Waals surface area (Å²) in [5.74, 6) is 0.121. The van der Waals surface area contributed by atoms with Gasteiger partial charge in [0.2, 0.25) is 10.0 Å². The summed E-state index contributed by atoms with van der Waals surface area (Å²) in [6, 6.07) is 16.6. The largest absolute Gasteiger partial charge is 0.468 e. The SMILES string of the molecule is CSc1ccc(NC(=O)c2cccc(S(=O)(=O)NCc3ccco3)c2)cc1. The van der Waals surface area contributed by atoms with Crippen LogP contribution in [-0.2, 0) is 16.6 Å². The Hall–Kier alpha value is -2.55. The Labute approximate surface area is 162 Å². The van der Waals surface area contributed by atoms with Crippen LogP contribution < -0.4 is 10.0 Å². The van der Waals surface area contributed by atoms with E-state index < -0.39 is 10.0 Å². The van der Waals surface area contributed by atoms with E-state index in [4.69, 9.17) is 4.42 Å². The Morgan fingerprint density at radius 3 is 2.52 bits per heavy atom. The van der Waals surface area contributed by atoms with Crippen molar-refractivity contribution in [1.82, 2.24) is 4.72 Å². The molecule has 8 heteroatoms. The van der Waals surface area contributed by atoms with Gasteiger partial charge in [0.25, 0.3) is 5.91 Å². The predicted octanol–water partition coefficient (Wildman–Crippen LogP) is 3.73. The first kappa shape index (κ1) is 19.2. The Morgan fingerprint density at radius 2 is 1.85 bits per heavy atom. The first-order chi connectivity index (χ1) is 13.0. The number of carbonyl (C=O) groups is 1. The average molecular weight is 402 g/mol. The maximum absolute atomic E-state index is 12.4. The summed E-state index contributed by atoms with van der Waals surface area (Å²) in [6.07, 6.45) is 3.44. The third-order valence-electron chi connectivity index (χ3n) is 3.77. The lowest BCUT2D eigenvalue weighted by Gasteiger charge is -2.09. The molecular formula is C19H18N2O4S2. The van der Waals surface area contributed by atoms with Gasteiger partial charge in [0.15, 0.2) is 0 Å². The van der Waals surface area contributed by atoms with E-state index in [-0.39, 0.29) is 22.9 Å². The molecule has 1 amide bonds. The van der Waals surface area contributed by atoms with Crippen molar-refractivity contribution < 1.29 is 17.6 Å². The van der Waals surface area contributed by atoms with Gasteiger partial charge in [0.1, 0.15) is 5.76 Å². The molecule has 140 valence electrons. The molecule has 2 aromatic carbocycles. The van der Waals surface area contributed by atoms with E-state index in [9.17, 15) is 13.2 Å². The van der Waals surface area contributed by atoms with Gasteiger partial charge in [-0.1, -0.05) is 6.07 Å². The summed E-state index contributed by atoms with van der Waals surface area (Å²) in [5, 5.41) is 2.76. The summed E-state index contributed by atoms with van der Waals surface area (Å²) in [7, 11) is -3.77. The second kappa shape index (κ2) is 8.43. The Bertz CT molecular complexity index is 1010. The monoisotopic (exact) mass is 402 g/mol. The number of sulfonamides is 1. The molecule has 0 aliphatic rings. The van der Waals surface area contributed by atoms with E-state index in [1.165, 1.54) is 24.5 Å². The molecule has 6 nitrogen and oxygen atoms in total. The number of hydrogen-bond donors (Lipinski definition) is 2. The lowest BCUT2D eigenvalue weighted by atomic mass is 10.2. The highest BCUT2D eigenvalue weighted by molar-refractivity contribution is 7.98. The average Bonchev–Trinajstić information content (AvgIpc) is 3.21. The first-order valence-corrected chi connectivity index (χ1v) is 10.8. The van der Waals surface area contributed by atoms with Crippen LogP contribution in [0.2, 0.25) is 0 Å².